The van der Waals surface area contributed by atoms with Gasteiger partial charge in [-0.2, -0.15) is 0 Å². The van der Waals surface area contributed by atoms with Crippen LogP contribution in [-0.4, -0.2) is 50.7 Å². The third kappa shape index (κ3) is 5.66. The standard InChI is InChI=1S/C21H25N3O5/c1-21(2,3)29-20(27)24-8-6-15-5-4-14(10-16(15)7-9-24)13-28-18-12-22-17(11-23-18)19(25)26/h4-5,10-12H,6-9,13H2,1-3H3,(H,25,26). The van der Waals surface area contributed by atoms with Gasteiger partial charge >= 0.3 is 12.1 Å². The average molecular weight is 399 g/mol. The number of carbonyl (C=O) groups is 2. The van der Waals surface area contributed by atoms with Crippen LogP contribution >= 0.6 is 0 Å². The highest BCUT2D eigenvalue weighted by molar-refractivity contribution is 5.84. The molecule has 1 aromatic heterocycles. The molecule has 0 saturated heterocycles. The van der Waals surface area contributed by atoms with Crippen molar-refractivity contribution in [1.29, 1.82) is 0 Å². The molecule has 0 saturated carbocycles. The summed E-state index contributed by atoms with van der Waals surface area (Å²) >= 11 is 0. The lowest BCUT2D eigenvalue weighted by Gasteiger charge is -2.26. The number of nitrogens with zero attached hydrogens (tertiary/aromatic N) is 3. The molecule has 3 rings (SSSR count). The molecule has 2 aromatic rings. The zero-order chi connectivity index (χ0) is 21.0. The number of hydrogen-bond donors (Lipinski definition) is 1. The maximum atomic E-state index is 12.3. The van der Waals surface area contributed by atoms with Crippen LogP contribution in [0.2, 0.25) is 0 Å². The highest BCUT2D eigenvalue weighted by Gasteiger charge is 2.24. The van der Waals surface area contributed by atoms with E-state index in [-0.39, 0.29) is 17.7 Å². The highest BCUT2D eigenvalue weighted by Crippen LogP contribution is 2.20. The zero-order valence-corrected chi connectivity index (χ0v) is 16.8. The van der Waals surface area contributed by atoms with Crippen LogP contribution in [0.4, 0.5) is 4.79 Å². The Balaban J connectivity index is 1.61. The number of carbonyl (C=O) groups excluding carboxylic acids is 1. The summed E-state index contributed by atoms with van der Waals surface area (Å²) in [5, 5.41) is 8.85. The van der Waals surface area contributed by atoms with Gasteiger partial charge in [0.25, 0.3) is 0 Å². The van der Waals surface area contributed by atoms with E-state index in [0.29, 0.717) is 19.7 Å². The molecule has 8 nitrogen and oxygen atoms in total. The van der Waals surface area contributed by atoms with E-state index in [4.69, 9.17) is 14.6 Å². The molecule has 0 spiro atoms. The van der Waals surface area contributed by atoms with Gasteiger partial charge in [-0.25, -0.2) is 19.6 Å². The molecule has 1 aliphatic rings. The summed E-state index contributed by atoms with van der Waals surface area (Å²) in [6, 6.07) is 6.12. The lowest BCUT2D eigenvalue weighted by atomic mass is 10.0. The minimum Gasteiger partial charge on any atom is -0.476 e. The molecule has 1 N–H and O–H groups in total. The molecule has 0 radical (unpaired) electrons. The molecule has 1 amide bonds. The normalized spacial score (nSPS) is 14.0. The first-order chi connectivity index (χ1) is 13.7. The van der Waals surface area contributed by atoms with Crippen LogP contribution in [0.15, 0.2) is 30.6 Å². The van der Waals surface area contributed by atoms with E-state index in [0.717, 1.165) is 18.4 Å². The molecule has 8 heteroatoms. The summed E-state index contributed by atoms with van der Waals surface area (Å²) < 4.78 is 11.1. The van der Waals surface area contributed by atoms with Crippen molar-refractivity contribution in [3.05, 3.63) is 53.0 Å². The molecule has 0 unspecified atom stereocenters. The predicted octanol–water partition coefficient (Wildman–Crippen LogP) is 3.09. The molecule has 29 heavy (non-hydrogen) atoms. The minimum absolute atomic E-state index is 0.128. The first-order valence-corrected chi connectivity index (χ1v) is 9.48. The average Bonchev–Trinajstić information content (AvgIpc) is 2.87. The van der Waals surface area contributed by atoms with Crippen molar-refractivity contribution in [2.45, 2.75) is 45.8 Å². The van der Waals surface area contributed by atoms with Gasteiger partial charge in [-0.1, -0.05) is 18.2 Å². The van der Waals surface area contributed by atoms with Gasteiger partial charge in [0.05, 0.1) is 12.4 Å². The Bertz CT molecular complexity index is 890. The Morgan fingerprint density at radius 3 is 2.45 bits per heavy atom. The van der Waals surface area contributed by atoms with E-state index >= 15 is 0 Å². The van der Waals surface area contributed by atoms with Crippen LogP contribution in [-0.2, 0) is 24.2 Å². The molecule has 0 fully saturated rings. The molecular formula is C21H25N3O5. The largest absolute Gasteiger partial charge is 0.476 e. The number of rotatable bonds is 4. The van der Waals surface area contributed by atoms with Gasteiger partial charge in [-0.3, -0.25) is 0 Å². The number of aromatic carboxylic acids is 1. The second-order valence-corrected chi connectivity index (χ2v) is 7.90. The summed E-state index contributed by atoms with van der Waals surface area (Å²) in [6.45, 7) is 7.12. The Morgan fingerprint density at radius 2 is 1.83 bits per heavy atom. The molecule has 0 bridgehead atoms. The van der Waals surface area contributed by atoms with Crippen molar-refractivity contribution >= 4 is 12.1 Å². The van der Waals surface area contributed by atoms with Gasteiger partial charge < -0.3 is 19.5 Å². The van der Waals surface area contributed by atoms with Gasteiger partial charge in [0, 0.05) is 13.1 Å². The second-order valence-electron chi connectivity index (χ2n) is 7.90. The highest BCUT2D eigenvalue weighted by atomic mass is 16.6. The molecular weight excluding hydrogens is 374 g/mol. The van der Waals surface area contributed by atoms with E-state index < -0.39 is 11.6 Å². The van der Waals surface area contributed by atoms with E-state index in [2.05, 4.69) is 22.1 Å². The Labute approximate surface area is 169 Å². The lowest BCUT2D eigenvalue weighted by molar-refractivity contribution is 0.0258. The van der Waals surface area contributed by atoms with Crippen molar-refractivity contribution < 1.29 is 24.2 Å². The SMILES string of the molecule is CC(C)(C)OC(=O)N1CCc2ccc(COc3cnc(C(=O)O)cn3)cc2CC1. The number of fused-ring (bicyclic) bond motifs is 1. The minimum atomic E-state index is -1.13. The third-order valence-corrected chi connectivity index (χ3v) is 4.46. The maximum Gasteiger partial charge on any atom is 0.410 e. The van der Waals surface area contributed by atoms with Crippen molar-refractivity contribution in [1.82, 2.24) is 14.9 Å². The maximum absolute atomic E-state index is 12.3. The number of benzene rings is 1. The van der Waals surface area contributed by atoms with Gasteiger partial charge in [0.15, 0.2) is 5.69 Å². The Kier molecular flexibility index (Phi) is 6.00. The molecule has 2 heterocycles. The number of ether oxygens (including phenoxy) is 2. The van der Waals surface area contributed by atoms with Crippen molar-refractivity contribution in [3.8, 4) is 5.88 Å². The van der Waals surface area contributed by atoms with Gasteiger partial charge in [-0.15, -0.1) is 0 Å². The Hall–Kier alpha value is -3.16. The smallest absolute Gasteiger partial charge is 0.410 e. The van der Waals surface area contributed by atoms with Crippen molar-refractivity contribution in [3.63, 3.8) is 0 Å². The van der Waals surface area contributed by atoms with Crippen LogP contribution in [0.1, 0.15) is 48.0 Å². The predicted molar refractivity (Wildman–Crippen MR) is 105 cm³/mol. The van der Waals surface area contributed by atoms with Crippen molar-refractivity contribution in [2.75, 3.05) is 13.1 Å². The molecule has 0 atom stereocenters. The topological polar surface area (TPSA) is 102 Å². The van der Waals surface area contributed by atoms with Crippen molar-refractivity contribution in [2.24, 2.45) is 0 Å². The van der Waals surface area contributed by atoms with Gasteiger partial charge in [0.1, 0.15) is 12.2 Å². The molecule has 0 aliphatic carbocycles. The van der Waals surface area contributed by atoms with Crippen LogP contribution in [0, 0.1) is 0 Å². The van der Waals surface area contributed by atoms with E-state index in [9.17, 15) is 9.59 Å². The summed E-state index contributed by atoms with van der Waals surface area (Å²) in [5.74, 6) is -0.865. The van der Waals surface area contributed by atoms with Crippen LogP contribution in [0.5, 0.6) is 5.88 Å². The second kappa shape index (κ2) is 8.46. The summed E-state index contributed by atoms with van der Waals surface area (Å²) in [4.78, 5) is 32.6. The number of amides is 1. The van der Waals surface area contributed by atoms with Crippen LogP contribution in [0.3, 0.4) is 0 Å². The van der Waals surface area contributed by atoms with Gasteiger partial charge in [-0.05, 0) is 50.3 Å². The number of carboxylic acids is 1. The zero-order valence-electron chi connectivity index (χ0n) is 16.8. The number of hydrogen-bond acceptors (Lipinski definition) is 6. The Morgan fingerprint density at radius 1 is 1.10 bits per heavy atom. The lowest BCUT2D eigenvalue weighted by Crippen LogP contribution is -2.38. The fourth-order valence-corrected chi connectivity index (χ4v) is 3.04. The first kappa shape index (κ1) is 20.6. The summed E-state index contributed by atoms with van der Waals surface area (Å²) in [6.07, 6.45) is 3.70. The number of carboxylic acid groups (broad SMARTS) is 1. The quantitative estimate of drug-likeness (QED) is 0.843. The summed E-state index contributed by atoms with van der Waals surface area (Å²) in [5.41, 5.74) is 2.73. The monoisotopic (exact) mass is 399 g/mol. The van der Waals surface area contributed by atoms with E-state index in [1.807, 2.05) is 26.8 Å². The number of aromatic nitrogens is 2. The van der Waals surface area contributed by atoms with Crippen LogP contribution in [0.25, 0.3) is 0 Å². The molecule has 1 aromatic carbocycles. The van der Waals surface area contributed by atoms with Gasteiger partial charge in [0.2, 0.25) is 5.88 Å². The summed E-state index contributed by atoms with van der Waals surface area (Å²) in [7, 11) is 0. The first-order valence-electron chi connectivity index (χ1n) is 9.48. The molecule has 1 aliphatic heterocycles. The fourth-order valence-electron chi connectivity index (χ4n) is 3.04. The van der Waals surface area contributed by atoms with E-state index in [1.54, 1.807) is 4.90 Å². The fraction of sp³-hybridized carbons (Fsp3) is 0.429. The van der Waals surface area contributed by atoms with Crippen LogP contribution < -0.4 is 4.74 Å². The third-order valence-electron chi connectivity index (χ3n) is 4.46. The molecule has 154 valence electrons. The van der Waals surface area contributed by atoms with E-state index in [1.165, 1.54) is 23.5 Å².